The number of amides is 2. The number of benzene rings is 1. The lowest BCUT2D eigenvalue weighted by Gasteiger charge is -2.34. The fourth-order valence-corrected chi connectivity index (χ4v) is 3.53. The van der Waals surface area contributed by atoms with Crippen molar-refractivity contribution in [2.24, 2.45) is 0 Å². The summed E-state index contributed by atoms with van der Waals surface area (Å²) in [6, 6.07) is 8.71. The summed E-state index contributed by atoms with van der Waals surface area (Å²) in [4.78, 5) is 28.5. The van der Waals surface area contributed by atoms with E-state index >= 15 is 0 Å². The summed E-state index contributed by atoms with van der Waals surface area (Å²) in [7, 11) is 0. The highest BCUT2D eigenvalue weighted by molar-refractivity contribution is 7.08. The van der Waals surface area contributed by atoms with Crippen molar-refractivity contribution in [1.82, 2.24) is 15.1 Å². The summed E-state index contributed by atoms with van der Waals surface area (Å²) in [5, 5.41) is 7.35. The van der Waals surface area contributed by atoms with Crippen LogP contribution in [0.15, 0.2) is 41.1 Å². The number of carbonyl (C=O) groups excluding carboxylic acids is 2. The highest BCUT2D eigenvalue weighted by atomic mass is 35.5. The molecule has 0 bridgehead atoms. The van der Waals surface area contributed by atoms with E-state index in [1.807, 2.05) is 21.7 Å². The van der Waals surface area contributed by atoms with E-state index in [-0.39, 0.29) is 11.8 Å². The number of nitrogens with zero attached hydrogens (tertiary/aromatic N) is 2. The first-order chi connectivity index (χ1) is 12.1. The smallest absolute Gasteiger partial charge is 0.254 e. The normalized spacial score (nSPS) is 15.2. The van der Waals surface area contributed by atoms with Gasteiger partial charge in [-0.15, -0.1) is 0 Å². The molecule has 7 heteroatoms. The number of nitrogens with one attached hydrogen (secondary N) is 1. The van der Waals surface area contributed by atoms with Gasteiger partial charge in [0.2, 0.25) is 0 Å². The topological polar surface area (TPSA) is 52.7 Å². The first-order valence-corrected chi connectivity index (χ1v) is 9.53. The molecule has 25 heavy (non-hydrogen) atoms. The molecule has 1 saturated heterocycles. The van der Waals surface area contributed by atoms with E-state index in [2.05, 4.69) is 10.2 Å². The average molecular weight is 378 g/mol. The zero-order valence-electron chi connectivity index (χ0n) is 13.8. The third-order valence-corrected chi connectivity index (χ3v) is 5.18. The van der Waals surface area contributed by atoms with Gasteiger partial charge in [0, 0.05) is 55.2 Å². The number of rotatable bonds is 5. The molecular weight excluding hydrogens is 358 g/mol. The predicted octanol–water partition coefficient (Wildman–Crippen LogP) is 2.59. The highest BCUT2D eigenvalue weighted by Crippen LogP contribution is 2.12. The maximum absolute atomic E-state index is 12.3. The Morgan fingerprint density at radius 3 is 2.40 bits per heavy atom. The Labute approximate surface area is 156 Å². The van der Waals surface area contributed by atoms with Crippen molar-refractivity contribution >= 4 is 34.8 Å². The second kappa shape index (κ2) is 8.47. The van der Waals surface area contributed by atoms with Crippen molar-refractivity contribution < 1.29 is 9.59 Å². The van der Waals surface area contributed by atoms with Crippen LogP contribution in [0.5, 0.6) is 0 Å². The van der Waals surface area contributed by atoms with Crippen LogP contribution in [0.2, 0.25) is 5.02 Å². The highest BCUT2D eigenvalue weighted by Gasteiger charge is 2.22. The van der Waals surface area contributed by atoms with Crippen molar-refractivity contribution in [3.05, 3.63) is 57.2 Å². The number of halogens is 1. The van der Waals surface area contributed by atoms with Gasteiger partial charge >= 0.3 is 0 Å². The van der Waals surface area contributed by atoms with Crippen LogP contribution < -0.4 is 5.32 Å². The Bertz CT molecular complexity index is 710. The van der Waals surface area contributed by atoms with Crippen LogP contribution in [0.25, 0.3) is 0 Å². The Kier molecular flexibility index (Phi) is 6.07. The lowest BCUT2D eigenvalue weighted by molar-refractivity contribution is 0.0638. The number of thiophene rings is 1. The summed E-state index contributed by atoms with van der Waals surface area (Å²) < 4.78 is 0. The zero-order chi connectivity index (χ0) is 17.6. The Morgan fingerprint density at radius 2 is 1.76 bits per heavy atom. The molecule has 3 rings (SSSR count). The van der Waals surface area contributed by atoms with E-state index in [9.17, 15) is 9.59 Å². The summed E-state index contributed by atoms with van der Waals surface area (Å²) in [6.07, 6.45) is 0. The van der Waals surface area contributed by atoms with Crippen molar-refractivity contribution in [1.29, 1.82) is 0 Å². The van der Waals surface area contributed by atoms with Crippen LogP contribution in [0.1, 0.15) is 20.7 Å². The summed E-state index contributed by atoms with van der Waals surface area (Å²) >= 11 is 7.36. The maximum atomic E-state index is 12.3. The lowest BCUT2D eigenvalue weighted by Crippen LogP contribution is -2.50. The second-order valence-electron chi connectivity index (χ2n) is 5.91. The van der Waals surface area contributed by atoms with Crippen LogP contribution in [-0.4, -0.2) is 60.9 Å². The first kappa shape index (κ1) is 17.9. The summed E-state index contributed by atoms with van der Waals surface area (Å²) in [6.45, 7) is 4.46. The number of piperazine rings is 1. The molecule has 1 aliphatic rings. The van der Waals surface area contributed by atoms with E-state index in [0.717, 1.165) is 38.3 Å². The Hall–Kier alpha value is -1.89. The van der Waals surface area contributed by atoms with E-state index in [1.165, 1.54) is 11.3 Å². The predicted molar refractivity (Wildman–Crippen MR) is 100 cm³/mol. The molecule has 1 aromatic carbocycles. The van der Waals surface area contributed by atoms with Gasteiger partial charge < -0.3 is 10.2 Å². The van der Waals surface area contributed by atoms with Crippen molar-refractivity contribution in [3.8, 4) is 0 Å². The molecule has 132 valence electrons. The first-order valence-electron chi connectivity index (χ1n) is 8.21. The van der Waals surface area contributed by atoms with Gasteiger partial charge in [-0.05, 0) is 35.7 Å². The third kappa shape index (κ3) is 4.81. The number of hydrogen-bond acceptors (Lipinski definition) is 4. The van der Waals surface area contributed by atoms with Gasteiger partial charge in [0.25, 0.3) is 11.8 Å². The molecule has 1 fully saturated rings. The van der Waals surface area contributed by atoms with Crippen LogP contribution in [-0.2, 0) is 0 Å². The molecule has 0 atom stereocenters. The quantitative estimate of drug-likeness (QED) is 0.871. The molecular formula is C18H20ClN3O2S. The number of carbonyl (C=O) groups is 2. The van der Waals surface area contributed by atoms with Gasteiger partial charge in [0.15, 0.2) is 0 Å². The standard InChI is InChI=1S/C18H20ClN3O2S/c19-16-3-1-14(2-4-16)17(23)20-6-7-21-8-10-22(11-9-21)18(24)15-5-12-25-13-15/h1-5,12-13H,6-11H2,(H,20,23). The minimum Gasteiger partial charge on any atom is -0.351 e. The monoisotopic (exact) mass is 377 g/mol. The zero-order valence-corrected chi connectivity index (χ0v) is 15.4. The average Bonchev–Trinajstić information content (AvgIpc) is 3.17. The van der Waals surface area contributed by atoms with Gasteiger partial charge in [0.05, 0.1) is 5.56 Å². The van der Waals surface area contributed by atoms with Gasteiger partial charge in [-0.25, -0.2) is 0 Å². The molecule has 1 aromatic heterocycles. The molecule has 0 saturated carbocycles. The fraction of sp³-hybridized carbons (Fsp3) is 0.333. The van der Waals surface area contributed by atoms with Crippen molar-refractivity contribution in [2.45, 2.75) is 0 Å². The van der Waals surface area contributed by atoms with E-state index in [4.69, 9.17) is 11.6 Å². The van der Waals surface area contributed by atoms with Gasteiger partial charge in [-0.3, -0.25) is 14.5 Å². The molecule has 0 aliphatic carbocycles. The van der Waals surface area contributed by atoms with E-state index in [1.54, 1.807) is 24.3 Å². The fourth-order valence-electron chi connectivity index (χ4n) is 2.77. The van der Waals surface area contributed by atoms with E-state index < -0.39 is 0 Å². The molecule has 1 aliphatic heterocycles. The largest absolute Gasteiger partial charge is 0.351 e. The van der Waals surface area contributed by atoms with E-state index in [0.29, 0.717) is 17.1 Å². The Balaban J connectivity index is 1.38. The SMILES string of the molecule is O=C(NCCN1CCN(C(=O)c2ccsc2)CC1)c1ccc(Cl)cc1. The Morgan fingerprint density at radius 1 is 1.04 bits per heavy atom. The molecule has 5 nitrogen and oxygen atoms in total. The molecule has 0 unspecified atom stereocenters. The van der Waals surface area contributed by atoms with Crippen molar-refractivity contribution in [2.75, 3.05) is 39.3 Å². The van der Waals surface area contributed by atoms with Gasteiger partial charge in [-0.2, -0.15) is 11.3 Å². The van der Waals surface area contributed by atoms with Crippen LogP contribution in [0, 0.1) is 0 Å². The van der Waals surface area contributed by atoms with Crippen LogP contribution in [0.4, 0.5) is 0 Å². The van der Waals surface area contributed by atoms with Crippen LogP contribution >= 0.6 is 22.9 Å². The molecule has 2 amide bonds. The van der Waals surface area contributed by atoms with Gasteiger partial charge in [0.1, 0.15) is 0 Å². The summed E-state index contributed by atoms with van der Waals surface area (Å²) in [5.41, 5.74) is 1.38. The van der Waals surface area contributed by atoms with Gasteiger partial charge in [-0.1, -0.05) is 11.6 Å². The minimum absolute atomic E-state index is 0.0945. The molecule has 0 radical (unpaired) electrons. The van der Waals surface area contributed by atoms with Crippen molar-refractivity contribution in [3.63, 3.8) is 0 Å². The summed E-state index contributed by atoms with van der Waals surface area (Å²) in [5.74, 6) is 0.0138. The lowest BCUT2D eigenvalue weighted by atomic mass is 10.2. The third-order valence-electron chi connectivity index (χ3n) is 4.25. The maximum Gasteiger partial charge on any atom is 0.254 e. The van der Waals surface area contributed by atoms with Crippen LogP contribution in [0.3, 0.4) is 0 Å². The molecule has 2 heterocycles. The molecule has 1 N–H and O–H groups in total. The molecule has 0 spiro atoms. The minimum atomic E-state index is -0.0945. The second-order valence-corrected chi connectivity index (χ2v) is 7.13. The molecule has 2 aromatic rings. The number of hydrogen-bond donors (Lipinski definition) is 1.